The Hall–Kier alpha value is -1.06. The van der Waals surface area contributed by atoms with E-state index in [2.05, 4.69) is 76.3 Å². The number of fused-ring (bicyclic) bond motifs is 2. The van der Waals surface area contributed by atoms with E-state index in [1.54, 1.807) is 8.87 Å². The molecule has 5 rings (SSSR count). The summed E-state index contributed by atoms with van der Waals surface area (Å²) in [6.07, 6.45) is 1.17. The van der Waals surface area contributed by atoms with Crippen LogP contribution in [0.5, 0.6) is 0 Å². The van der Waals surface area contributed by atoms with Crippen molar-refractivity contribution in [2.45, 2.75) is 46.5 Å². The zero-order valence-electron chi connectivity index (χ0n) is 18.8. The van der Waals surface area contributed by atoms with Crippen molar-refractivity contribution in [3.8, 4) is 20.0 Å². The van der Waals surface area contributed by atoms with Crippen LogP contribution >= 0.6 is 22.7 Å². The zero-order valence-corrected chi connectivity index (χ0v) is 23.9. The van der Waals surface area contributed by atoms with E-state index < -0.39 is 0 Å². The molecule has 1 N–H and O–H groups in total. The van der Waals surface area contributed by atoms with Gasteiger partial charge in [-0.15, -0.1) is 0 Å². The van der Waals surface area contributed by atoms with Crippen molar-refractivity contribution in [3.05, 3.63) is 50.6 Å². The molecule has 0 radical (unpaired) electrons. The van der Waals surface area contributed by atoms with Crippen molar-refractivity contribution in [3.63, 3.8) is 0 Å². The van der Waals surface area contributed by atoms with Crippen LogP contribution in [0.4, 0.5) is 4.56 Å². The number of thiophene rings is 2. The third kappa shape index (κ3) is 3.74. The standard InChI is InChI=1S/C26H27NS2Se2/c1-7-15-8-9-18(30-15)22-16-12-14(2)28-24(16)23(19-10-11-21(27-6)31-19)17-13-20(26(3,4)5)29-25(17)22/h8-13,27H,7H2,1-6H3. The Bertz CT molecular complexity index is 1310. The number of anilines is 1. The number of hydrogen-bond acceptors (Lipinski definition) is 3. The molecule has 0 atom stereocenters. The van der Waals surface area contributed by atoms with E-state index in [1.807, 2.05) is 29.7 Å². The first-order valence-electron chi connectivity index (χ1n) is 10.7. The van der Waals surface area contributed by atoms with E-state index in [1.165, 1.54) is 56.5 Å². The molecule has 5 heteroatoms. The third-order valence-electron chi connectivity index (χ3n) is 5.67. The molecule has 0 amide bonds. The molecule has 0 unspecified atom stereocenters. The van der Waals surface area contributed by atoms with Gasteiger partial charge in [-0.3, -0.25) is 0 Å². The molecule has 4 heterocycles. The first kappa shape index (κ1) is 21.8. The normalized spacial score (nSPS) is 12.3. The molecule has 0 spiro atoms. The van der Waals surface area contributed by atoms with Crippen LogP contribution in [0.3, 0.4) is 0 Å². The summed E-state index contributed by atoms with van der Waals surface area (Å²) in [5.74, 6) is 0. The average Bonchev–Trinajstić information content (AvgIpc) is 3.49. The van der Waals surface area contributed by atoms with E-state index in [9.17, 15) is 0 Å². The van der Waals surface area contributed by atoms with Gasteiger partial charge in [0.25, 0.3) is 0 Å². The van der Waals surface area contributed by atoms with E-state index in [-0.39, 0.29) is 5.41 Å². The van der Waals surface area contributed by atoms with Gasteiger partial charge in [0.15, 0.2) is 0 Å². The average molecular weight is 576 g/mol. The van der Waals surface area contributed by atoms with Crippen LogP contribution in [0.25, 0.3) is 40.2 Å². The van der Waals surface area contributed by atoms with Crippen LogP contribution in [0.2, 0.25) is 0 Å². The van der Waals surface area contributed by atoms with Gasteiger partial charge >= 0.3 is 206 Å². The zero-order chi connectivity index (χ0) is 21.9. The van der Waals surface area contributed by atoms with E-state index >= 15 is 0 Å². The van der Waals surface area contributed by atoms with Gasteiger partial charge in [-0.25, -0.2) is 0 Å². The topological polar surface area (TPSA) is 12.0 Å². The molecule has 0 saturated heterocycles. The summed E-state index contributed by atoms with van der Waals surface area (Å²) in [5, 5.41) is 6.34. The Morgan fingerprint density at radius 3 is 2.13 bits per heavy atom. The summed E-state index contributed by atoms with van der Waals surface area (Å²) in [6, 6.07) is 14.4. The first-order chi connectivity index (χ1) is 14.8. The van der Waals surface area contributed by atoms with Gasteiger partial charge in [0, 0.05) is 0 Å². The Labute approximate surface area is 204 Å². The predicted octanol–water partition coefficient (Wildman–Crippen LogP) is 7.77. The summed E-state index contributed by atoms with van der Waals surface area (Å²) in [4.78, 5) is 2.90. The molecular weight excluding hydrogens is 548 g/mol. The molecular formula is C26H27NS2Se2. The number of nitrogens with one attached hydrogen (secondary N) is 1. The molecule has 4 aromatic heterocycles. The molecule has 0 aliphatic heterocycles. The number of rotatable bonds is 4. The van der Waals surface area contributed by atoms with Gasteiger partial charge in [-0.05, 0) is 0 Å². The summed E-state index contributed by atoms with van der Waals surface area (Å²) < 4.78 is 9.03. The van der Waals surface area contributed by atoms with Crippen LogP contribution < -0.4 is 5.32 Å². The first-order valence-corrected chi connectivity index (χ1v) is 15.7. The van der Waals surface area contributed by atoms with Crippen molar-refractivity contribution in [2.75, 3.05) is 12.4 Å². The molecule has 0 fully saturated rings. The Morgan fingerprint density at radius 1 is 0.871 bits per heavy atom. The van der Waals surface area contributed by atoms with Crippen molar-refractivity contribution >= 4 is 76.4 Å². The monoisotopic (exact) mass is 577 g/mol. The molecule has 5 aromatic rings. The fourth-order valence-corrected chi connectivity index (χ4v) is 10.8. The van der Waals surface area contributed by atoms with Crippen molar-refractivity contribution in [2.24, 2.45) is 0 Å². The van der Waals surface area contributed by atoms with Gasteiger partial charge in [-0.1, -0.05) is 0 Å². The quantitative estimate of drug-likeness (QED) is 0.216. The maximum absolute atomic E-state index is 3.39. The van der Waals surface area contributed by atoms with Gasteiger partial charge in [0.2, 0.25) is 0 Å². The Morgan fingerprint density at radius 2 is 1.52 bits per heavy atom. The summed E-state index contributed by atoms with van der Waals surface area (Å²) >= 11 is 4.78. The maximum atomic E-state index is 3.39. The number of benzene rings is 1. The third-order valence-corrected chi connectivity index (χ3v) is 13.3. The SMILES string of the molecule is CCc1ccc(-c2c3cc(C)sc3c(-c3ccc(NC)[se]3)c3cc(C(C)(C)C)sc23)[se]1. The van der Waals surface area contributed by atoms with Crippen LogP contribution in [0.15, 0.2) is 36.4 Å². The second-order valence-electron chi connectivity index (χ2n) is 8.99. The fraction of sp³-hybridized carbons (Fsp3) is 0.308. The molecule has 160 valence electrons. The van der Waals surface area contributed by atoms with Gasteiger partial charge in [0.1, 0.15) is 0 Å². The second-order valence-corrected chi connectivity index (χ2v) is 16.0. The van der Waals surface area contributed by atoms with E-state index in [0.717, 1.165) is 0 Å². The van der Waals surface area contributed by atoms with Crippen LogP contribution in [0, 0.1) is 6.92 Å². The number of hydrogen-bond donors (Lipinski definition) is 1. The van der Waals surface area contributed by atoms with Gasteiger partial charge in [0.05, 0.1) is 0 Å². The molecule has 0 aliphatic rings. The van der Waals surface area contributed by atoms with E-state index in [4.69, 9.17) is 0 Å². The van der Waals surface area contributed by atoms with Crippen molar-refractivity contribution < 1.29 is 0 Å². The van der Waals surface area contributed by atoms with Crippen molar-refractivity contribution in [1.82, 2.24) is 0 Å². The molecule has 0 aliphatic carbocycles. The molecule has 31 heavy (non-hydrogen) atoms. The minimum atomic E-state index is 0.160. The van der Waals surface area contributed by atoms with E-state index in [0.29, 0.717) is 29.0 Å². The van der Waals surface area contributed by atoms with Gasteiger partial charge in [-0.2, -0.15) is 0 Å². The van der Waals surface area contributed by atoms with Crippen molar-refractivity contribution in [1.29, 1.82) is 0 Å². The summed E-state index contributed by atoms with van der Waals surface area (Å²) in [5.41, 5.74) is 3.17. The molecule has 1 nitrogen and oxygen atoms in total. The second kappa shape index (κ2) is 8.06. The summed E-state index contributed by atoms with van der Waals surface area (Å²) in [6.45, 7) is 11.6. The Kier molecular flexibility index (Phi) is 5.66. The predicted molar refractivity (Wildman–Crippen MR) is 144 cm³/mol. The van der Waals surface area contributed by atoms with Crippen LogP contribution in [-0.4, -0.2) is 36.1 Å². The van der Waals surface area contributed by atoms with Crippen LogP contribution in [0.1, 0.15) is 41.9 Å². The number of aryl methyl sites for hydroxylation is 2. The fourth-order valence-electron chi connectivity index (χ4n) is 4.06. The summed E-state index contributed by atoms with van der Waals surface area (Å²) in [7, 11) is 2.04. The molecule has 0 bridgehead atoms. The Balaban J connectivity index is 1.94. The van der Waals surface area contributed by atoms with Crippen LogP contribution in [-0.2, 0) is 11.8 Å². The minimum absolute atomic E-state index is 0.160. The van der Waals surface area contributed by atoms with Gasteiger partial charge < -0.3 is 0 Å². The molecule has 0 saturated carbocycles. The molecule has 1 aromatic carbocycles.